The molecular formula is C15H22N4O4S. The van der Waals surface area contributed by atoms with Gasteiger partial charge in [0.2, 0.25) is 0 Å². The molecule has 0 saturated heterocycles. The van der Waals surface area contributed by atoms with Crippen LogP contribution in [0.5, 0.6) is 0 Å². The van der Waals surface area contributed by atoms with Gasteiger partial charge in [0.25, 0.3) is 0 Å². The number of alkyl carbamates (subject to hydrolysis) is 1. The normalized spacial score (nSPS) is 12.8. The number of carbonyl (C=O) groups excluding carboxylic acids is 1. The van der Waals surface area contributed by atoms with Crippen molar-refractivity contribution in [2.45, 2.75) is 44.2 Å². The number of hydrogen-bond acceptors (Lipinski definition) is 5. The number of ether oxygens (including phenoxy) is 1. The van der Waals surface area contributed by atoms with Gasteiger partial charge < -0.3 is 10.1 Å². The summed E-state index contributed by atoms with van der Waals surface area (Å²) >= 11 is 0. The molecule has 0 aromatic heterocycles. The van der Waals surface area contributed by atoms with E-state index in [9.17, 15) is 13.2 Å². The minimum atomic E-state index is -3.30. The SMILES string of the molecule is CCS(=O)(=O)c1ccc([C@H](CN=[N+]=[N-])NC(=O)OC(C)(C)C)cc1. The first-order chi connectivity index (χ1) is 11.1. The van der Waals surface area contributed by atoms with Crippen LogP contribution in [0.1, 0.15) is 39.3 Å². The van der Waals surface area contributed by atoms with Crippen molar-refractivity contribution in [1.82, 2.24) is 5.32 Å². The fourth-order valence-corrected chi connectivity index (χ4v) is 2.76. The highest BCUT2D eigenvalue weighted by molar-refractivity contribution is 7.91. The van der Waals surface area contributed by atoms with Crippen molar-refractivity contribution in [2.75, 3.05) is 12.3 Å². The van der Waals surface area contributed by atoms with Crippen LogP contribution in [0.4, 0.5) is 4.79 Å². The number of nitrogens with zero attached hydrogens (tertiary/aromatic N) is 3. The summed E-state index contributed by atoms with van der Waals surface area (Å²) in [5.74, 6) is 0.00462. The molecule has 0 radical (unpaired) electrons. The number of benzene rings is 1. The quantitative estimate of drug-likeness (QED) is 0.478. The lowest BCUT2D eigenvalue weighted by Gasteiger charge is -2.23. The van der Waals surface area contributed by atoms with Crippen LogP contribution in [0.2, 0.25) is 0 Å². The monoisotopic (exact) mass is 354 g/mol. The maximum atomic E-state index is 11.9. The molecule has 0 heterocycles. The average Bonchev–Trinajstić information content (AvgIpc) is 2.49. The molecule has 0 fully saturated rings. The summed E-state index contributed by atoms with van der Waals surface area (Å²) in [6.07, 6.45) is -0.647. The van der Waals surface area contributed by atoms with Crippen LogP contribution in [0.3, 0.4) is 0 Å². The van der Waals surface area contributed by atoms with Crippen molar-refractivity contribution in [3.8, 4) is 0 Å². The smallest absolute Gasteiger partial charge is 0.408 e. The molecule has 0 aliphatic heterocycles. The number of amides is 1. The average molecular weight is 354 g/mol. The fourth-order valence-electron chi connectivity index (χ4n) is 1.88. The number of azide groups is 1. The molecule has 0 aliphatic rings. The van der Waals surface area contributed by atoms with E-state index in [1.807, 2.05) is 0 Å². The number of rotatable bonds is 6. The van der Waals surface area contributed by atoms with Crippen molar-refractivity contribution in [1.29, 1.82) is 0 Å². The van der Waals surface area contributed by atoms with Gasteiger partial charge in [0.15, 0.2) is 9.84 Å². The van der Waals surface area contributed by atoms with Gasteiger partial charge in [-0.1, -0.05) is 24.2 Å². The summed E-state index contributed by atoms with van der Waals surface area (Å²) in [5.41, 5.74) is 8.45. The largest absolute Gasteiger partial charge is 0.444 e. The maximum absolute atomic E-state index is 11.9. The topological polar surface area (TPSA) is 121 Å². The predicted molar refractivity (Wildman–Crippen MR) is 90.3 cm³/mol. The Bertz CT molecular complexity index is 717. The summed E-state index contributed by atoms with van der Waals surface area (Å²) in [6.45, 7) is 6.76. The molecule has 1 N–H and O–H groups in total. The molecule has 1 amide bonds. The summed E-state index contributed by atoms with van der Waals surface area (Å²) in [7, 11) is -3.30. The van der Waals surface area contributed by atoms with E-state index in [0.717, 1.165) is 0 Å². The van der Waals surface area contributed by atoms with Crippen LogP contribution >= 0.6 is 0 Å². The summed E-state index contributed by atoms with van der Waals surface area (Å²) < 4.78 is 28.8. The molecule has 24 heavy (non-hydrogen) atoms. The van der Waals surface area contributed by atoms with Crippen molar-refractivity contribution in [3.05, 3.63) is 40.3 Å². The van der Waals surface area contributed by atoms with Crippen LogP contribution in [0.25, 0.3) is 10.4 Å². The van der Waals surface area contributed by atoms with E-state index >= 15 is 0 Å². The van der Waals surface area contributed by atoms with E-state index < -0.39 is 27.6 Å². The Kier molecular flexibility index (Phi) is 6.62. The van der Waals surface area contributed by atoms with E-state index in [4.69, 9.17) is 10.3 Å². The fraction of sp³-hybridized carbons (Fsp3) is 0.533. The van der Waals surface area contributed by atoms with Gasteiger partial charge in [-0.05, 0) is 44.0 Å². The lowest BCUT2D eigenvalue weighted by atomic mass is 10.1. The van der Waals surface area contributed by atoms with Gasteiger partial charge in [-0.25, -0.2) is 13.2 Å². The molecule has 1 atom stereocenters. The third-order valence-corrected chi connectivity index (χ3v) is 4.79. The second-order valence-electron chi connectivity index (χ2n) is 6.08. The zero-order valence-electron chi connectivity index (χ0n) is 14.2. The highest BCUT2D eigenvalue weighted by Crippen LogP contribution is 2.19. The van der Waals surface area contributed by atoms with E-state index in [1.165, 1.54) is 12.1 Å². The molecule has 0 bridgehead atoms. The second kappa shape index (κ2) is 8.03. The zero-order valence-corrected chi connectivity index (χ0v) is 15.0. The van der Waals surface area contributed by atoms with Gasteiger partial charge in [-0.2, -0.15) is 0 Å². The van der Waals surface area contributed by atoms with Crippen molar-refractivity contribution >= 4 is 15.9 Å². The number of carbonyl (C=O) groups is 1. The van der Waals surface area contributed by atoms with Gasteiger partial charge in [-0.3, -0.25) is 0 Å². The lowest BCUT2D eigenvalue weighted by Crippen LogP contribution is -2.36. The van der Waals surface area contributed by atoms with Gasteiger partial charge in [0, 0.05) is 4.91 Å². The first kappa shape index (κ1) is 19.8. The van der Waals surface area contributed by atoms with Gasteiger partial charge in [0.1, 0.15) is 5.60 Å². The van der Waals surface area contributed by atoms with E-state index in [2.05, 4.69) is 15.3 Å². The number of sulfone groups is 1. The van der Waals surface area contributed by atoms with Gasteiger partial charge in [0.05, 0.1) is 23.2 Å². The highest BCUT2D eigenvalue weighted by Gasteiger charge is 2.21. The van der Waals surface area contributed by atoms with Crippen LogP contribution in [0.15, 0.2) is 34.3 Å². The Morgan fingerprint density at radius 1 is 1.33 bits per heavy atom. The standard InChI is InChI=1S/C15H22N4O4S/c1-5-24(21,22)12-8-6-11(7-9-12)13(10-17-19-16)18-14(20)23-15(2,3)4/h6-9,13H,5,10H2,1-4H3,(H,18,20)/t13-/m0/s1. The van der Waals surface area contributed by atoms with E-state index in [-0.39, 0.29) is 17.2 Å². The Morgan fingerprint density at radius 3 is 2.38 bits per heavy atom. The predicted octanol–water partition coefficient (Wildman–Crippen LogP) is 3.36. The molecule has 1 aromatic rings. The molecule has 1 rings (SSSR count). The summed E-state index contributed by atoms with van der Waals surface area (Å²) in [5, 5.41) is 6.10. The number of nitrogens with one attached hydrogen (secondary N) is 1. The van der Waals surface area contributed by atoms with Crippen molar-refractivity contribution in [3.63, 3.8) is 0 Å². The van der Waals surface area contributed by atoms with E-state index in [0.29, 0.717) is 5.56 Å². The molecule has 9 heteroatoms. The summed E-state index contributed by atoms with van der Waals surface area (Å²) in [6, 6.07) is 5.48. The van der Waals surface area contributed by atoms with Gasteiger partial charge in [-0.15, -0.1) is 0 Å². The van der Waals surface area contributed by atoms with Crippen molar-refractivity contribution in [2.24, 2.45) is 5.11 Å². The molecule has 0 spiro atoms. The summed E-state index contributed by atoms with van der Waals surface area (Å²) in [4.78, 5) is 14.8. The molecule has 0 saturated carbocycles. The van der Waals surface area contributed by atoms with Crippen LogP contribution in [-0.4, -0.2) is 32.4 Å². The Morgan fingerprint density at radius 2 is 1.92 bits per heavy atom. The van der Waals surface area contributed by atoms with E-state index in [1.54, 1.807) is 39.8 Å². The second-order valence-corrected chi connectivity index (χ2v) is 8.36. The lowest BCUT2D eigenvalue weighted by molar-refractivity contribution is 0.0505. The minimum Gasteiger partial charge on any atom is -0.444 e. The molecule has 0 unspecified atom stereocenters. The minimum absolute atomic E-state index is 0.00462. The van der Waals surface area contributed by atoms with Crippen LogP contribution in [-0.2, 0) is 14.6 Å². The highest BCUT2D eigenvalue weighted by atomic mass is 32.2. The zero-order chi connectivity index (χ0) is 18.4. The van der Waals surface area contributed by atoms with Crippen LogP contribution in [0, 0.1) is 0 Å². The molecule has 8 nitrogen and oxygen atoms in total. The first-order valence-electron chi connectivity index (χ1n) is 7.42. The Balaban J connectivity index is 3.00. The third kappa shape index (κ3) is 6.10. The van der Waals surface area contributed by atoms with Crippen LogP contribution < -0.4 is 5.32 Å². The molecule has 1 aromatic carbocycles. The maximum Gasteiger partial charge on any atom is 0.408 e. The Hall–Kier alpha value is -2.25. The molecular weight excluding hydrogens is 332 g/mol. The number of hydrogen-bond donors (Lipinski definition) is 1. The molecule has 132 valence electrons. The third-order valence-electron chi connectivity index (χ3n) is 3.04. The first-order valence-corrected chi connectivity index (χ1v) is 9.07. The van der Waals surface area contributed by atoms with Crippen molar-refractivity contribution < 1.29 is 17.9 Å². The molecule has 0 aliphatic carbocycles. The Labute approximate surface area is 141 Å². The van der Waals surface area contributed by atoms with Gasteiger partial charge >= 0.3 is 6.09 Å².